The number of hydrogen-bond donors (Lipinski definition) is 0. The Hall–Kier alpha value is -1.85. The molecular formula is C60H114O6. The van der Waals surface area contributed by atoms with Gasteiger partial charge in [-0.3, -0.25) is 14.4 Å². The number of hydrogen-bond acceptors (Lipinski definition) is 6. The third kappa shape index (κ3) is 53.1. The highest BCUT2D eigenvalue weighted by molar-refractivity contribution is 5.71. The van der Waals surface area contributed by atoms with E-state index >= 15 is 0 Å². The summed E-state index contributed by atoms with van der Waals surface area (Å²) in [6.07, 6.45) is 63.5. The van der Waals surface area contributed by atoms with Crippen LogP contribution in [0.25, 0.3) is 0 Å². The fourth-order valence-corrected chi connectivity index (χ4v) is 9.03. The molecule has 0 saturated carbocycles. The molecule has 0 aliphatic rings. The molecule has 390 valence electrons. The van der Waals surface area contributed by atoms with Crippen LogP contribution in [0.5, 0.6) is 0 Å². The van der Waals surface area contributed by atoms with Crippen LogP contribution in [0.1, 0.15) is 335 Å². The van der Waals surface area contributed by atoms with Gasteiger partial charge in [0.2, 0.25) is 0 Å². The summed E-state index contributed by atoms with van der Waals surface area (Å²) < 4.78 is 16.9. The van der Waals surface area contributed by atoms with Crippen LogP contribution in [-0.4, -0.2) is 37.2 Å². The molecular weight excluding hydrogens is 817 g/mol. The van der Waals surface area contributed by atoms with Crippen molar-refractivity contribution in [2.24, 2.45) is 0 Å². The van der Waals surface area contributed by atoms with Crippen molar-refractivity contribution in [3.8, 4) is 0 Å². The van der Waals surface area contributed by atoms with E-state index in [9.17, 15) is 14.4 Å². The Morgan fingerprint density at radius 1 is 0.288 bits per heavy atom. The molecule has 0 unspecified atom stereocenters. The quantitative estimate of drug-likeness (QED) is 0.0262. The highest BCUT2D eigenvalue weighted by Crippen LogP contribution is 2.17. The van der Waals surface area contributed by atoms with Gasteiger partial charge in [-0.1, -0.05) is 283 Å². The van der Waals surface area contributed by atoms with Crippen molar-refractivity contribution in [1.82, 2.24) is 0 Å². The lowest BCUT2D eigenvalue weighted by atomic mass is 10.0. The first-order valence-electron chi connectivity index (χ1n) is 29.7. The summed E-state index contributed by atoms with van der Waals surface area (Å²) in [6, 6.07) is 0. The largest absolute Gasteiger partial charge is 0.462 e. The highest BCUT2D eigenvalue weighted by atomic mass is 16.6. The number of allylic oxidation sites excluding steroid dienone is 2. The Morgan fingerprint density at radius 2 is 0.500 bits per heavy atom. The normalized spacial score (nSPS) is 12.0. The zero-order valence-electron chi connectivity index (χ0n) is 44.7. The Balaban J connectivity index is 4.24. The maximum absolute atomic E-state index is 12.8. The van der Waals surface area contributed by atoms with Crippen molar-refractivity contribution in [2.75, 3.05) is 13.2 Å². The molecule has 0 saturated heterocycles. The Labute approximate surface area is 411 Å². The SMILES string of the molecule is CCCCCCCCCC/C=C\CCCCCCCCCC(=O)OC[C@@H](COC(=O)CCCCCCCCCCCC)OC(=O)CCCCCCCCCCCCCCCCCCCCC. The van der Waals surface area contributed by atoms with Crippen molar-refractivity contribution in [2.45, 2.75) is 341 Å². The van der Waals surface area contributed by atoms with Gasteiger partial charge >= 0.3 is 17.9 Å². The summed E-state index contributed by atoms with van der Waals surface area (Å²) in [7, 11) is 0. The van der Waals surface area contributed by atoms with Crippen LogP contribution in [0.2, 0.25) is 0 Å². The minimum Gasteiger partial charge on any atom is -0.462 e. The molecule has 0 fully saturated rings. The summed E-state index contributed by atoms with van der Waals surface area (Å²) in [6.45, 7) is 6.68. The van der Waals surface area contributed by atoms with Gasteiger partial charge in [-0.2, -0.15) is 0 Å². The van der Waals surface area contributed by atoms with Crippen molar-refractivity contribution >= 4 is 17.9 Å². The third-order valence-electron chi connectivity index (χ3n) is 13.5. The maximum Gasteiger partial charge on any atom is 0.306 e. The minimum absolute atomic E-state index is 0.0656. The molecule has 6 heteroatoms. The zero-order valence-corrected chi connectivity index (χ0v) is 44.7. The Bertz CT molecular complexity index is 1020. The molecule has 1 atom stereocenters. The molecule has 0 radical (unpaired) electrons. The molecule has 6 nitrogen and oxygen atoms in total. The van der Waals surface area contributed by atoms with Crippen molar-refractivity contribution in [1.29, 1.82) is 0 Å². The predicted molar refractivity (Wildman–Crippen MR) is 284 cm³/mol. The van der Waals surface area contributed by atoms with E-state index in [1.807, 2.05) is 0 Å². The summed E-state index contributed by atoms with van der Waals surface area (Å²) in [5.74, 6) is -0.847. The topological polar surface area (TPSA) is 78.9 Å². The van der Waals surface area contributed by atoms with Crippen LogP contribution >= 0.6 is 0 Å². The van der Waals surface area contributed by atoms with Gasteiger partial charge in [0.05, 0.1) is 0 Å². The third-order valence-corrected chi connectivity index (χ3v) is 13.5. The second kappa shape index (κ2) is 55.7. The number of carbonyl (C=O) groups is 3. The summed E-state index contributed by atoms with van der Waals surface area (Å²) >= 11 is 0. The minimum atomic E-state index is -0.765. The van der Waals surface area contributed by atoms with E-state index in [1.54, 1.807) is 0 Å². The van der Waals surface area contributed by atoms with Gasteiger partial charge in [0.1, 0.15) is 13.2 Å². The first kappa shape index (κ1) is 64.2. The molecule has 0 N–H and O–H groups in total. The van der Waals surface area contributed by atoms with Gasteiger partial charge in [-0.15, -0.1) is 0 Å². The fourth-order valence-electron chi connectivity index (χ4n) is 9.03. The Morgan fingerprint density at radius 3 is 0.758 bits per heavy atom. The van der Waals surface area contributed by atoms with Crippen LogP contribution in [0, 0.1) is 0 Å². The average molecular weight is 932 g/mol. The van der Waals surface area contributed by atoms with Gasteiger partial charge in [-0.25, -0.2) is 0 Å². The lowest BCUT2D eigenvalue weighted by molar-refractivity contribution is -0.167. The molecule has 0 aromatic rings. The summed E-state index contributed by atoms with van der Waals surface area (Å²) in [4.78, 5) is 38.1. The van der Waals surface area contributed by atoms with Gasteiger partial charge in [0.15, 0.2) is 6.10 Å². The van der Waals surface area contributed by atoms with E-state index in [-0.39, 0.29) is 31.1 Å². The standard InChI is InChI=1S/C60H114O6/c1-4-7-10-13-16-19-22-24-26-28-30-32-34-36-38-41-44-47-50-53-59(62)65-56-57(55-64-58(61)52-49-46-43-40-21-18-15-12-9-6-3)66-60(63)54-51-48-45-42-39-37-35-33-31-29-27-25-23-20-17-14-11-8-5-2/h28,30,57H,4-27,29,31-56H2,1-3H3/b30-28-/t57-/m1/s1. The van der Waals surface area contributed by atoms with Gasteiger partial charge in [0, 0.05) is 19.3 Å². The van der Waals surface area contributed by atoms with Gasteiger partial charge in [-0.05, 0) is 44.9 Å². The van der Waals surface area contributed by atoms with Crippen LogP contribution in [0.3, 0.4) is 0 Å². The van der Waals surface area contributed by atoms with Crippen molar-refractivity contribution in [3.05, 3.63) is 12.2 Å². The predicted octanol–water partition coefficient (Wildman–Crippen LogP) is 19.7. The zero-order chi connectivity index (χ0) is 47.9. The van der Waals surface area contributed by atoms with E-state index in [0.29, 0.717) is 19.3 Å². The number of unbranched alkanes of at least 4 members (excludes halogenated alkanes) is 42. The number of ether oxygens (including phenoxy) is 3. The lowest BCUT2D eigenvalue weighted by Crippen LogP contribution is -2.30. The lowest BCUT2D eigenvalue weighted by Gasteiger charge is -2.18. The second-order valence-electron chi connectivity index (χ2n) is 20.3. The molecule has 66 heavy (non-hydrogen) atoms. The molecule has 0 spiro atoms. The maximum atomic E-state index is 12.8. The van der Waals surface area contributed by atoms with Crippen LogP contribution in [-0.2, 0) is 28.6 Å². The van der Waals surface area contributed by atoms with E-state index in [0.717, 1.165) is 57.8 Å². The number of esters is 3. The van der Waals surface area contributed by atoms with E-state index < -0.39 is 6.10 Å². The van der Waals surface area contributed by atoms with E-state index in [4.69, 9.17) is 14.2 Å². The second-order valence-corrected chi connectivity index (χ2v) is 20.3. The molecule has 0 aliphatic carbocycles. The highest BCUT2D eigenvalue weighted by Gasteiger charge is 2.19. The smallest absolute Gasteiger partial charge is 0.306 e. The van der Waals surface area contributed by atoms with Gasteiger partial charge < -0.3 is 14.2 Å². The van der Waals surface area contributed by atoms with Crippen molar-refractivity contribution in [3.63, 3.8) is 0 Å². The first-order chi connectivity index (χ1) is 32.5. The molecule has 0 aliphatic heterocycles. The summed E-state index contributed by atoms with van der Waals surface area (Å²) in [5.41, 5.74) is 0. The average Bonchev–Trinajstić information content (AvgIpc) is 3.31. The molecule has 0 rings (SSSR count). The molecule has 0 aromatic heterocycles. The van der Waals surface area contributed by atoms with E-state index in [2.05, 4.69) is 32.9 Å². The van der Waals surface area contributed by atoms with Gasteiger partial charge in [0.25, 0.3) is 0 Å². The number of rotatable bonds is 55. The van der Waals surface area contributed by atoms with E-state index in [1.165, 1.54) is 238 Å². The van der Waals surface area contributed by atoms with Crippen molar-refractivity contribution < 1.29 is 28.6 Å². The summed E-state index contributed by atoms with van der Waals surface area (Å²) in [5, 5.41) is 0. The van der Waals surface area contributed by atoms with Crippen LogP contribution in [0.4, 0.5) is 0 Å². The first-order valence-corrected chi connectivity index (χ1v) is 29.7. The Kier molecular flexibility index (Phi) is 54.2. The van der Waals surface area contributed by atoms with Crippen LogP contribution < -0.4 is 0 Å². The van der Waals surface area contributed by atoms with Crippen LogP contribution in [0.15, 0.2) is 12.2 Å². The number of carbonyl (C=O) groups excluding carboxylic acids is 3. The monoisotopic (exact) mass is 931 g/mol. The molecule has 0 amide bonds. The fraction of sp³-hybridized carbons (Fsp3) is 0.917. The molecule has 0 aromatic carbocycles. The molecule has 0 heterocycles. The molecule has 0 bridgehead atoms.